The summed E-state index contributed by atoms with van der Waals surface area (Å²) in [5, 5.41) is 5.08. The Morgan fingerprint density at radius 3 is 2.37 bits per heavy atom. The number of likely N-dealkylation sites (N-methyl/N-ethyl adjacent to an activating group) is 1. The molecule has 5 heteroatoms. The van der Waals surface area contributed by atoms with Crippen LogP contribution in [0.1, 0.15) is 19.4 Å². The summed E-state index contributed by atoms with van der Waals surface area (Å²) >= 11 is 0. The van der Waals surface area contributed by atoms with Gasteiger partial charge in [0, 0.05) is 7.05 Å². The third-order valence-electron chi connectivity index (χ3n) is 2.68. The van der Waals surface area contributed by atoms with Crippen molar-refractivity contribution >= 4 is 12.0 Å². The number of hydrogen-bond acceptors (Lipinski definition) is 3. The van der Waals surface area contributed by atoms with Crippen molar-refractivity contribution < 1.29 is 14.3 Å². The van der Waals surface area contributed by atoms with Crippen LogP contribution >= 0.6 is 0 Å². The van der Waals surface area contributed by atoms with Crippen LogP contribution in [0.2, 0.25) is 0 Å². The molecule has 104 valence electrons. The van der Waals surface area contributed by atoms with Crippen molar-refractivity contribution in [1.82, 2.24) is 10.6 Å². The smallest absolute Gasteiger partial charge is 0.408 e. The first-order valence-corrected chi connectivity index (χ1v) is 6.23. The highest BCUT2D eigenvalue weighted by atomic mass is 16.5. The minimum Gasteiger partial charge on any atom is -0.445 e. The summed E-state index contributed by atoms with van der Waals surface area (Å²) in [5.74, 6) is -0.240. The molecule has 0 saturated heterocycles. The third kappa shape index (κ3) is 4.99. The summed E-state index contributed by atoms with van der Waals surface area (Å²) in [6.07, 6.45) is -0.592. The lowest BCUT2D eigenvalue weighted by atomic mass is 10.0. The van der Waals surface area contributed by atoms with Crippen LogP contribution in [0.5, 0.6) is 0 Å². The number of ether oxygens (including phenoxy) is 1. The van der Waals surface area contributed by atoms with Crippen LogP contribution < -0.4 is 10.6 Å². The van der Waals surface area contributed by atoms with Crippen LogP contribution in [-0.4, -0.2) is 25.1 Å². The summed E-state index contributed by atoms with van der Waals surface area (Å²) < 4.78 is 5.07. The first-order valence-electron chi connectivity index (χ1n) is 6.23. The molecule has 1 aromatic rings. The predicted molar refractivity (Wildman–Crippen MR) is 72.5 cm³/mol. The van der Waals surface area contributed by atoms with Gasteiger partial charge < -0.3 is 15.4 Å². The largest absolute Gasteiger partial charge is 0.445 e. The van der Waals surface area contributed by atoms with Crippen molar-refractivity contribution in [3.8, 4) is 0 Å². The maximum Gasteiger partial charge on any atom is 0.408 e. The molecule has 0 radical (unpaired) electrons. The van der Waals surface area contributed by atoms with Gasteiger partial charge in [0.15, 0.2) is 0 Å². The van der Waals surface area contributed by atoms with Crippen molar-refractivity contribution in [2.75, 3.05) is 7.05 Å². The topological polar surface area (TPSA) is 67.4 Å². The molecule has 5 nitrogen and oxygen atoms in total. The summed E-state index contributed by atoms with van der Waals surface area (Å²) in [4.78, 5) is 23.2. The Morgan fingerprint density at radius 2 is 1.84 bits per heavy atom. The quantitative estimate of drug-likeness (QED) is 0.850. The van der Waals surface area contributed by atoms with E-state index in [0.717, 1.165) is 5.56 Å². The fraction of sp³-hybridized carbons (Fsp3) is 0.429. The number of alkyl carbamates (subject to hydrolysis) is 1. The fourth-order valence-corrected chi connectivity index (χ4v) is 1.58. The number of hydrogen-bond donors (Lipinski definition) is 2. The van der Waals surface area contributed by atoms with Crippen LogP contribution in [0, 0.1) is 5.92 Å². The molecular formula is C14H20N2O3. The first kappa shape index (κ1) is 15.0. The first-order chi connectivity index (χ1) is 9.04. The maximum absolute atomic E-state index is 11.6. The zero-order valence-electron chi connectivity index (χ0n) is 11.5. The van der Waals surface area contributed by atoms with Crippen molar-refractivity contribution in [1.29, 1.82) is 0 Å². The normalized spacial score (nSPS) is 11.8. The van der Waals surface area contributed by atoms with Gasteiger partial charge in [-0.15, -0.1) is 0 Å². The number of benzene rings is 1. The molecule has 0 bridgehead atoms. The zero-order valence-corrected chi connectivity index (χ0v) is 11.5. The Morgan fingerprint density at radius 1 is 1.21 bits per heavy atom. The van der Waals surface area contributed by atoms with Gasteiger partial charge in [-0.1, -0.05) is 44.2 Å². The second-order valence-corrected chi connectivity index (χ2v) is 4.54. The van der Waals surface area contributed by atoms with E-state index in [1.165, 1.54) is 7.05 Å². The minimum atomic E-state index is -0.592. The van der Waals surface area contributed by atoms with Gasteiger partial charge in [-0.2, -0.15) is 0 Å². The fourth-order valence-electron chi connectivity index (χ4n) is 1.58. The van der Waals surface area contributed by atoms with Crippen molar-refractivity contribution in [2.24, 2.45) is 5.92 Å². The van der Waals surface area contributed by atoms with Crippen LogP contribution in [-0.2, 0) is 16.1 Å². The van der Waals surface area contributed by atoms with Gasteiger partial charge in [0.2, 0.25) is 5.91 Å². The lowest BCUT2D eigenvalue weighted by Crippen LogP contribution is -2.48. The van der Waals surface area contributed by atoms with Crippen molar-refractivity contribution in [2.45, 2.75) is 26.5 Å². The number of nitrogens with one attached hydrogen (secondary N) is 2. The average Bonchev–Trinajstić information content (AvgIpc) is 2.42. The zero-order chi connectivity index (χ0) is 14.3. The molecule has 19 heavy (non-hydrogen) atoms. The molecule has 0 aliphatic heterocycles. The van der Waals surface area contributed by atoms with E-state index in [9.17, 15) is 9.59 Å². The highest BCUT2D eigenvalue weighted by Gasteiger charge is 2.23. The van der Waals surface area contributed by atoms with Crippen LogP contribution in [0.4, 0.5) is 4.79 Å². The van der Waals surface area contributed by atoms with E-state index < -0.39 is 12.1 Å². The lowest BCUT2D eigenvalue weighted by molar-refractivity contribution is -0.123. The Hall–Kier alpha value is -2.04. The molecule has 2 N–H and O–H groups in total. The van der Waals surface area contributed by atoms with Crippen LogP contribution in [0.15, 0.2) is 30.3 Å². The molecule has 0 aliphatic rings. The highest BCUT2D eigenvalue weighted by Crippen LogP contribution is 2.04. The Kier molecular flexibility index (Phi) is 5.85. The van der Waals surface area contributed by atoms with Gasteiger partial charge >= 0.3 is 6.09 Å². The Labute approximate surface area is 113 Å². The number of carbonyl (C=O) groups is 2. The molecule has 1 unspecified atom stereocenters. The van der Waals surface area contributed by atoms with Gasteiger partial charge in [-0.25, -0.2) is 4.79 Å². The number of rotatable bonds is 5. The molecule has 1 rings (SSSR count). The second kappa shape index (κ2) is 7.41. The molecule has 1 aromatic carbocycles. The van der Waals surface area contributed by atoms with E-state index in [0.29, 0.717) is 0 Å². The van der Waals surface area contributed by atoms with Gasteiger partial charge in [-0.05, 0) is 11.5 Å². The van der Waals surface area contributed by atoms with E-state index in [4.69, 9.17) is 4.74 Å². The average molecular weight is 264 g/mol. The molecule has 0 spiro atoms. The molecule has 2 amide bonds. The molecule has 0 aliphatic carbocycles. The van der Waals surface area contributed by atoms with Crippen molar-refractivity contribution in [3.05, 3.63) is 35.9 Å². The van der Waals surface area contributed by atoms with E-state index in [1.54, 1.807) is 0 Å². The summed E-state index contributed by atoms with van der Waals surface area (Å²) in [7, 11) is 1.54. The van der Waals surface area contributed by atoms with Gasteiger partial charge in [0.05, 0.1) is 0 Å². The third-order valence-corrected chi connectivity index (χ3v) is 2.68. The summed E-state index contributed by atoms with van der Waals surface area (Å²) in [6, 6.07) is 8.78. The molecule has 0 aromatic heterocycles. The minimum absolute atomic E-state index is 0.00998. The Balaban J connectivity index is 2.47. The molecule has 0 heterocycles. The molecule has 1 atom stereocenters. The molecule has 0 fully saturated rings. The standard InChI is InChI=1S/C14H20N2O3/c1-10(2)12(13(17)15-3)16-14(18)19-9-11-7-5-4-6-8-11/h4-8,10,12H,9H2,1-3H3,(H,15,17)(H,16,18). The predicted octanol–water partition coefficient (Wildman–Crippen LogP) is 1.68. The summed E-state index contributed by atoms with van der Waals surface area (Å²) in [6.45, 7) is 3.90. The lowest BCUT2D eigenvalue weighted by Gasteiger charge is -2.20. The SMILES string of the molecule is CNC(=O)C(NC(=O)OCc1ccccc1)C(C)C. The van der Waals surface area contributed by atoms with Gasteiger partial charge in [0.1, 0.15) is 12.6 Å². The monoisotopic (exact) mass is 264 g/mol. The van der Waals surface area contributed by atoms with Gasteiger partial charge in [-0.3, -0.25) is 4.79 Å². The van der Waals surface area contributed by atoms with E-state index >= 15 is 0 Å². The number of carbonyl (C=O) groups excluding carboxylic acids is 2. The van der Waals surface area contributed by atoms with Crippen molar-refractivity contribution in [3.63, 3.8) is 0 Å². The Bertz CT molecular complexity index is 418. The number of amides is 2. The highest BCUT2D eigenvalue weighted by molar-refractivity contribution is 5.85. The van der Waals surface area contributed by atoms with E-state index in [1.807, 2.05) is 44.2 Å². The van der Waals surface area contributed by atoms with E-state index in [-0.39, 0.29) is 18.4 Å². The molecule has 0 saturated carbocycles. The summed E-state index contributed by atoms with van der Waals surface area (Å²) in [5.41, 5.74) is 0.902. The maximum atomic E-state index is 11.6. The van der Waals surface area contributed by atoms with E-state index in [2.05, 4.69) is 10.6 Å². The molecular weight excluding hydrogens is 244 g/mol. The van der Waals surface area contributed by atoms with Gasteiger partial charge in [0.25, 0.3) is 0 Å². The van der Waals surface area contributed by atoms with Crippen LogP contribution in [0.25, 0.3) is 0 Å². The van der Waals surface area contributed by atoms with Crippen LogP contribution in [0.3, 0.4) is 0 Å². The second-order valence-electron chi connectivity index (χ2n) is 4.54.